The van der Waals surface area contributed by atoms with Gasteiger partial charge in [0.15, 0.2) is 5.13 Å². The molecule has 1 amide bonds. The third kappa shape index (κ3) is 3.85. The molecule has 0 saturated heterocycles. The number of benzene rings is 2. The standard InChI is InChI=1S/C21H16IN3O2S/c1-27-15-8-9-18-19(11-15)28-21(24-18)25(13-14-5-4-10-23-12-14)20(26)16-6-2-3-7-17(16)22/h2-12H,13H2,1H3. The molecule has 4 aromatic rings. The zero-order valence-corrected chi connectivity index (χ0v) is 18.0. The van der Waals surface area contributed by atoms with Gasteiger partial charge in [0.25, 0.3) is 5.91 Å². The largest absolute Gasteiger partial charge is 0.497 e. The fourth-order valence-corrected chi connectivity index (χ4v) is 4.43. The molecule has 0 atom stereocenters. The van der Waals surface area contributed by atoms with E-state index < -0.39 is 0 Å². The van der Waals surface area contributed by atoms with E-state index in [4.69, 9.17) is 9.72 Å². The Morgan fingerprint density at radius 3 is 2.79 bits per heavy atom. The average molecular weight is 501 g/mol. The molecule has 0 aliphatic heterocycles. The third-order valence-electron chi connectivity index (χ3n) is 4.23. The van der Waals surface area contributed by atoms with Gasteiger partial charge in [-0.15, -0.1) is 0 Å². The topological polar surface area (TPSA) is 55.3 Å². The first-order valence-corrected chi connectivity index (χ1v) is 10.4. The van der Waals surface area contributed by atoms with Gasteiger partial charge in [-0.3, -0.25) is 14.7 Å². The minimum Gasteiger partial charge on any atom is -0.497 e. The first kappa shape index (κ1) is 18.8. The van der Waals surface area contributed by atoms with Gasteiger partial charge in [-0.1, -0.05) is 29.5 Å². The normalized spacial score (nSPS) is 10.8. The van der Waals surface area contributed by atoms with Crippen molar-refractivity contribution in [2.45, 2.75) is 6.54 Å². The molecule has 0 aliphatic rings. The molecule has 2 aromatic heterocycles. The van der Waals surface area contributed by atoms with E-state index in [1.807, 2.05) is 54.6 Å². The number of hydrogen-bond acceptors (Lipinski definition) is 5. The molecule has 0 radical (unpaired) electrons. The molecule has 2 heterocycles. The van der Waals surface area contributed by atoms with Gasteiger partial charge in [-0.25, -0.2) is 4.98 Å². The number of pyridine rings is 1. The first-order chi connectivity index (χ1) is 13.7. The SMILES string of the molecule is COc1ccc2nc(N(Cc3cccnc3)C(=O)c3ccccc3I)sc2c1. The van der Waals surface area contributed by atoms with Gasteiger partial charge in [0.05, 0.1) is 29.4 Å². The molecule has 0 fully saturated rings. The minimum absolute atomic E-state index is 0.0834. The van der Waals surface area contributed by atoms with Crippen LogP contribution in [0.15, 0.2) is 67.0 Å². The number of amides is 1. The maximum Gasteiger partial charge on any atom is 0.261 e. The number of aromatic nitrogens is 2. The molecule has 0 saturated carbocycles. The van der Waals surface area contributed by atoms with Crippen LogP contribution in [-0.4, -0.2) is 23.0 Å². The van der Waals surface area contributed by atoms with Crippen LogP contribution in [0.1, 0.15) is 15.9 Å². The quantitative estimate of drug-likeness (QED) is 0.355. The highest BCUT2D eigenvalue weighted by atomic mass is 127. The van der Waals surface area contributed by atoms with Crippen LogP contribution < -0.4 is 9.64 Å². The van der Waals surface area contributed by atoms with Crippen molar-refractivity contribution >= 4 is 55.2 Å². The Labute approximate surface area is 180 Å². The lowest BCUT2D eigenvalue weighted by Crippen LogP contribution is -2.31. The monoisotopic (exact) mass is 501 g/mol. The summed E-state index contributed by atoms with van der Waals surface area (Å²) < 4.78 is 7.19. The van der Waals surface area contributed by atoms with Gasteiger partial charge in [0.1, 0.15) is 5.75 Å². The molecule has 0 unspecified atom stereocenters. The highest BCUT2D eigenvalue weighted by Gasteiger charge is 2.23. The highest BCUT2D eigenvalue weighted by Crippen LogP contribution is 2.33. The van der Waals surface area contributed by atoms with Gasteiger partial charge >= 0.3 is 0 Å². The Hall–Kier alpha value is -2.52. The third-order valence-corrected chi connectivity index (χ3v) is 6.21. The van der Waals surface area contributed by atoms with E-state index in [9.17, 15) is 4.79 Å². The Bertz CT molecular complexity index is 1130. The van der Waals surface area contributed by atoms with Crippen LogP contribution in [0.3, 0.4) is 0 Å². The molecule has 4 rings (SSSR count). The Morgan fingerprint density at radius 1 is 1.18 bits per heavy atom. The fourth-order valence-electron chi connectivity index (χ4n) is 2.82. The second-order valence-electron chi connectivity index (χ2n) is 6.06. The molecular formula is C21H16IN3O2S. The van der Waals surface area contributed by atoms with E-state index >= 15 is 0 Å². The van der Waals surface area contributed by atoms with Crippen molar-refractivity contribution in [2.24, 2.45) is 0 Å². The molecule has 28 heavy (non-hydrogen) atoms. The number of carbonyl (C=O) groups excluding carboxylic acids is 1. The molecule has 7 heteroatoms. The van der Waals surface area contributed by atoms with Gasteiger partial charge in [0, 0.05) is 16.0 Å². The van der Waals surface area contributed by atoms with Crippen LogP contribution in [0.2, 0.25) is 0 Å². The predicted molar refractivity (Wildman–Crippen MR) is 120 cm³/mol. The summed E-state index contributed by atoms with van der Waals surface area (Å²) in [7, 11) is 1.64. The second-order valence-corrected chi connectivity index (χ2v) is 8.23. The molecular weight excluding hydrogens is 485 g/mol. The second kappa shape index (κ2) is 8.24. The molecule has 5 nitrogen and oxygen atoms in total. The molecule has 0 aliphatic carbocycles. The van der Waals surface area contributed by atoms with Crippen LogP contribution in [0, 0.1) is 3.57 Å². The lowest BCUT2D eigenvalue weighted by Gasteiger charge is -2.20. The predicted octanol–water partition coefficient (Wildman–Crippen LogP) is 5.15. The van der Waals surface area contributed by atoms with Crippen molar-refractivity contribution in [3.63, 3.8) is 0 Å². The molecule has 0 bridgehead atoms. The smallest absolute Gasteiger partial charge is 0.261 e. The fraction of sp³-hybridized carbons (Fsp3) is 0.0952. The van der Waals surface area contributed by atoms with Crippen LogP contribution >= 0.6 is 33.9 Å². The number of thiazole rings is 1. The van der Waals surface area contributed by atoms with Crippen LogP contribution in [0.4, 0.5) is 5.13 Å². The maximum atomic E-state index is 13.4. The minimum atomic E-state index is -0.0834. The molecule has 140 valence electrons. The van der Waals surface area contributed by atoms with Crippen LogP contribution in [0.25, 0.3) is 10.2 Å². The lowest BCUT2D eigenvalue weighted by molar-refractivity contribution is 0.0984. The summed E-state index contributed by atoms with van der Waals surface area (Å²) in [6, 6.07) is 17.1. The number of halogens is 1. The van der Waals surface area contributed by atoms with Crippen LogP contribution in [-0.2, 0) is 6.54 Å². The van der Waals surface area contributed by atoms with Crippen molar-refractivity contribution < 1.29 is 9.53 Å². The number of rotatable bonds is 5. The van der Waals surface area contributed by atoms with Crippen molar-refractivity contribution in [1.29, 1.82) is 0 Å². The van der Waals surface area contributed by atoms with Gasteiger partial charge < -0.3 is 4.74 Å². The number of ether oxygens (including phenoxy) is 1. The number of nitrogens with zero attached hydrogens (tertiary/aromatic N) is 3. The highest BCUT2D eigenvalue weighted by molar-refractivity contribution is 14.1. The Balaban J connectivity index is 1.78. The number of hydrogen-bond donors (Lipinski definition) is 0. The van der Waals surface area contributed by atoms with Crippen LogP contribution in [0.5, 0.6) is 5.75 Å². The van der Waals surface area contributed by atoms with Gasteiger partial charge in [-0.05, 0) is 64.6 Å². The Morgan fingerprint density at radius 2 is 2.04 bits per heavy atom. The van der Waals surface area contributed by atoms with Gasteiger partial charge in [-0.2, -0.15) is 0 Å². The van der Waals surface area contributed by atoms with Crippen molar-refractivity contribution in [3.8, 4) is 5.75 Å². The number of fused-ring (bicyclic) bond motifs is 1. The zero-order chi connectivity index (χ0) is 19.5. The summed E-state index contributed by atoms with van der Waals surface area (Å²) in [5.41, 5.74) is 2.44. The van der Waals surface area contributed by atoms with Gasteiger partial charge in [0.2, 0.25) is 0 Å². The van der Waals surface area contributed by atoms with E-state index in [0.717, 1.165) is 25.1 Å². The Kier molecular flexibility index (Phi) is 5.54. The van der Waals surface area contributed by atoms with E-state index in [2.05, 4.69) is 27.6 Å². The first-order valence-electron chi connectivity index (χ1n) is 8.55. The van der Waals surface area contributed by atoms with Crippen molar-refractivity contribution in [1.82, 2.24) is 9.97 Å². The molecule has 0 N–H and O–H groups in total. The maximum absolute atomic E-state index is 13.4. The van der Waals surface area contributed by atoms with Crippen molar-refractivity contribution in [3.05, 3.63) is 81.7 Å². The number of anilines is 1. The summed E-state index contributed by atoms with van der Waals surface area (Å²) in [4.78, 5) is 24.0. The summed E-state index contributed by atoms with van der Waals surface area (Å²) in [6.07, 6.45) is 3.49. The van der Waals surface area contributed by atoms with E-state index in [1.165, 1.54) is 11.3 Å². The zero-order valence-electron chi connectivity index (χ0n) is 15.0. The van der Waals surface area contributed by atoms with E-state index in [1.54, 1.807) is 24.4 Å². The summed E-state index contributed by atoms with van der Waals surface area (Å²) >= 11 is 3.66. The van der Waals surface area contributed by atoms with E-state index in [-0.39, 0.29) is 5.91 Å². The molecule has 0 spiro atoms. The summed E-state index contributed by atoms with van der Waals surface area (Å²) in [5.74, 6) is 0.685. The number of methoxy groups -OCH3 is 1. The summed E-state index contributed by atoms with van der Waals surface area (Å²) in [5, 5.41) is 0.650. The van der Waals surface area contributed by atoms with E-state index in [0.29, 0.717) is 17.2 Å². The summed E-state index contributed by atoms with van der Waals surface area (Å²) in [6.45, 7) is 0.397. The average Bonchev–Trinajstić information content (AvgIpc) is 3.15. The van der Waals surface area contributed by atoms with Crippen molar-refractivity contribution in [2.75, 3.05) is 12.0 Å². The molecule has 2 aromatic carbocycles. The lowest BCUT2D eigenvalue weighted by atomic mass is 10.2. The number of carbonyl (C=O) groups is 1.